The average Bonchev–Trinajstić information content (AvgIpc) is 3.60. The molecule has 0 saturated carbocycles. The maximum Gasteiger partial charge on any atom is 0.342 e. The molecule has 0 N–H and O–H groups in total. The summed E-state index contributed by atoms with van der Waals surface area (Å²) < 4.78 is 29.7. The number of epoxide rings is 1. The van der Waals surface area contributed by atoms with Gasteiger partial charge in [-0.2, -0.15) is 0 Å². The summed E-state index contributed by atoms with van der Waals surface area (Å²) in [5.74, 6) is 1.02. The number of ether oxygens (including phenoxy) is 4. The van der Waals surface area contributed by atoms with Gasteiger partial charge in [0.15, 0.2) is 0 Å². The molecule has 204 valence electrons. The van der Waals surface area contributed by atoms with E-state index in [1.807, 2.05) is 60.7 Å². The molecule has 2 aliphatic rings. The standard InChI is InChI=1S/C31H40O6Si/c1-31(2,3)38(5,6)37-27-13-9-11-23-10-7-8-12-26-28(36-26)20-25(35-30(32)29(23)27)18-19-34-21-22-14-16-24(33-4)17-15-22/h7-17,25-26,28H,18-21H2,1-6H3/b10-7+,12-8-/t25-,26+,28-/m0/s1. The Balaban J connectivity index is 1.51. The quantitative estimate of drug-likeness (QED) is 0.157. The van der Waals surface area contributed by atoms with E-state index in [4.69, 9.17) is 23.4 Å². The summed E-state index contributed by atoms with van der Waals surface area (Å²) in [5, 5.41) is -0.00826. The molecular weight excluding hydrogens is 496 g/mol. The first kappa shape index (κ1) is 28.1. The van der Waals surface area contributed by atoms with Gasteiger partial charge in [0.1, 0.15) is 29.3 Å². The molecule has 38 heavy (non-hydrogen) atoms. The Labute approximate surface area is 227 Å². The van der Waals surface area contributed by atoms with Crippen LogP contribution in [0.25, 0.3) is 6.08 Å². The normalized spacial score (nSPS) is 23.1. The Hall–Kier alpha value is -2.87. The van der Waals surface area contributed by atoms with E-state index in [0.717, 1.165) is 16.9 Å². The number of carbonyl (C=O) groups is 1. The van der Waals surface area contributed by atoms with Gasteiger partial charge >= 0.3 is 5.97 Å². The van der Waals surface area contributed by atoms with Crippen molar-refractivity contribution in [1.29, 1.82) is 0 Å². The molecule has 0 amide bonds. The molecule has 1 fully saturated rings. The fourth-order valence-corrected chi connectivity index (χ4v) is 5.11. The van der Waals surface area contributed by atoms with Gasteiger partial charge < -0.3 is 23.4 Å². The average molecular weight is 537 g/mol. The van der Waals surface area contributed by atoms with E-state index in [-0.39, 0.29) is 29.3 Å². The number of hydrogen-bond acceptors (Lipinski definition) is 6. The van der Waals surface area contributed by atoms with Gasteiger partial charge in [-0.3, -0.25) is 0 Å². The molecule has 6 nitrogen and oxygen atoms in total. The van der Waals surface area contributed by atoms with Crippen LogP contribution in [0.15, 0.2) is 60.7 Å². The molecule has 2 aliphatic heterocycles. The lowest BCUT2D eigenvalue weighted by molar-refractivity contribution is 0.0124. The molecule has 3 atom stereocenters. The van der Waals surface area contributed by atoms with Crippen LogP contribution < -0.4 is 9.16 Å². The van der Waals surface area contributed by atoms with Crippen molar-refractivity contribution in [2.75, 3.05) is 13.7 Å². The van der Waals surface area contributed by atoms with Crippen molar-refractivity contribution in [2.45, 2.75) is 76.7 Å². The number of fused-ring (bicyclic) bond motifs is 2. The number of methoxy groups -OCH3 is 1. The highest BCUT2D eigenvalue weighted by molar-refractivity contribution is 6.74. The van der Waals surface area contributed by atoms with E-state index >= 15 is 0 Å². The SMILES string of the molecule is COc1ccc(COCC[C@H]2C[C@@H]3O[C@@H]3/C=C\C=C\c3cccc(O[Si](C)(C)C(C)(C)C)c3C(=O)O2)cc1. The monoisotopic (exact) mass is 536 g/mol. The number of hydrogen-bond donors (Lipinski definition) is 0. The van der Waals surface area contributed by atoms with Gasteiger partial charge in [0.25, 0.3) is 8.32 Å². The molecule has 2 aromatic carbocycles. The Morgan fingerprint density at radius 2 is 1.82 bits per heavy atom. The summed E-state index contributed by atoms with van der Waals surface area (Å²) in [7, 11) is -0.534. The van der Waals surface area contributed by atoms with Gasteiger partial charge in [0.05, 0.1) is 26.4 Å². The van der Waals surface area contributed by atoms with Gasteiger partial charge in [0.2, 0.25) is 0 Å². The molecule has 0 radical (unpaired) electrons. The Morgan fingerprint density at radius 1 is 1.05 bits per heavy atom. The lowest BCUT2D eigenvalue weighted by Gasteiger charge is -2.37. The third-order valence-corrected chi connectivity index (χ3v) is 11.9. The van der Waals surface area contributed by atoms with Crippen LogP contribution in [0.3, 0.4) is 0 Å². The molecule has 7 heteroatoms. The van der Waals surface area contributed by atoms with Crippen LogP contribution in [0.2, 0.25) is 18.1 Å². The maximum atomic E-state index is 13.7. The van der Waals surface area contributed by atoms with Crippen LogP contribution in [0.5, 0.6) is 11.5 Å². The predicted octanol–water partition coefficient (Wildman–Crippen LogP) is 6.95. The number of cyclic esters (lactones) is 1. The Bertz CT molecular complexity index is 1160. The second-order valence-electron chi connectivity index (χ2n) is 11.4. The summed E-state index contributed by atoms with van der Waals surface area (Å²) in [6, 6.07) is 13.5. The van der Waals surface area contributed by atoms with E-state index in [1.165, 1.54) is 0 Å². The lowest BCUT2D eigenvalue weighted by atomic mass is 10.0. The minimum absolute atomic E-state index is 0.00826. The zero-order valence-electron chi connectivity index (χ0n) is 23.4. The van der Waals surface area contributed by atoms with Crippen molar-refractivity contribution in [2.24, 2.45) is 0 Å². The van der Waals surface area contributed by atoms with Crippen molar-refractivity contribution in [3.63, 3.8) is 0 Å². The zero-order valence-corrected chi connectivity index (χ0v) is 24.4. The molecule has 0 bridgehead atoms. The second-order valence-corrected chi connectivity index (χ2v) is 16.1. The molecule has 1 saturated heterocycles. The van der Waals surface area contributed by atoms with Gasteiger partial charge in [0, 0.05) is 12.8 Å². The Kier molecular flexibility index (Phi) is 8.80. The van der Waals surface area contributed by atoms with Gasteiger partial charge in [-0.15, -0.1) is 0 Å². The molecule has 0 unspecified atom stereocenters. The van der Waals surface area contributed by atoms with Crippen molar-refractivity contribution >= 4 is 20.4 Å². The number of rotatable bonds is 8. The van der Waals surface area contributed by atoms with Crippen molar-refractivity contribution in [3.05, 3.63) is 77.4 Å². The topological polar surface area (TPSA) is 66.5 Å². The third-order valence-electron chi connectivity index (χ3n) is 7.52. The van der Waals surface area contributed by atoms with E-state index in [1.54, 1.807) is 7.11 Å². The molecule has 2 heterocycles. The van der Waals surface area contributed by atoms with Crippen molar-refractivity contribution in [3.8, 4) is 11.5 Å². The lowest BCUT2D eigenvalue weighted by Crippen LogP contribution is -2.44. The number of carbonyl (C=O) groups excluding carboxylic acids is 1. The fraction of sp³-hybridized carbons (Fsp3) is 0.452. The zero-order chi connectivity index (χ0) is 27.3. The van der Waals surface area contributed by atoms with E-state index < -0.39 is 8.32 Å². The molecule has 0 spiro atoms. The van der Waals surface area contributed by atoms with Gasteiger partial charge in [-0.05, 0) is 47.5 Å². The minimum atomic E-state index is -2.18. The van der Waals surface area contributed by atoms with Crippen LogP contribution in [0.4, 0.5) is 0 Å². The summed E-state index contributed by atoms with van der Waals surface area (Å²) in [4.78, 5) is 13.7. The highest BCUT2D eigenvalue weighted by Gasteiger charge is 2.41. The van der Waals surface area contributed by atoms with Crippen molar-refractivity contribution < 1.29 is 28.2 Å². The maximum absolute atomic E-state index is 13.7. The Morgan fingerprint density at radius 3 is 2.53 bits per heavy atom. The highest BCUT2D eigenvalue weighted by atomic mass is 28.4. The summed E-state index contributed by atoms with van der Waals surface area (Å²) in [6.07, 6.45) is 8.85. The van der Waals surface area contributed by atoms with Crippen LogP contribution in [0.1, 0.15) is 55.1 Å². The fourth-order valence-electron chi connectivity index (χ4n) is 4.09. The van der Waals surface area contributed by atoms with Gasteiger partial charge in [-0.25, -0.2) is 4.79 Å². The molecule has 0 aromatic heterocycles. The van der Waals surface area contributed by atoms with E-state index in [0.29, 0.717) is 37.4 Å². The first-order valence-corrected chi connectivity index (χ1v) is 16.2. The van der Waals surface area contributed by atoms with Crippen molar-refractivity contribution in [1.82, 2.24) is 0 Å². The van der Waals surface area contributed by atoms with Crippen LogP contribution >= 0.6 is 0 Å². The van der Waals surface area contributed by atoms with Crippen LogP contribution in [-0.4, -0.2) is 46.3 Å². The number of benzene rings is 2. The van der Waals surface area contributed by atoms with E-state index in [9.17, 15) is 4.79 Å². The van der Waals surface area contributed by atoms with Crippen LogP contribution in [0, 0.1) is 0 Å². The molecule has 2 aromatic rings. The highest BCUT2D eigenvalue weighted by Crippen LogP contribution is 2.39. The molecule has 4 rings (SSSR count). The smallest absolute Gasteiger partial charge is 0.342 e. The second kappa shape index (κ2) is 11.9. The molecular formula is C31H40O6Si. The summed E-state index contributed by atoms with van der Waals surface area (Å²) in [5.41, 5.74) is 2.31. The van der Waals surface area contributed by atoms with Gasteiger partial charge in [-0.1, -0.05) is 69.3 Å². The third kappa shape index (κ3) is 7.16. The predicted molar refractivity (Wildman–Crippen MR) is 152 cm³/mol. The molecule has 0 aliphatic carbocycles. The van der Waals surface area contributed by atoms with Crippen LogP contribution in [-0.2, 0) is 20.8 Å². The summed E-state index contributed by atoms with van der Waals surface area (Å²) >= 11 is 0. The first-order chi connectivity index (χ1) is 18.1. The number of esters is 1. The largest absolute Gasteiger partial charge is 0.543 e. The number of allylic oxidation sites excluding steroid dienone is 2. The first-order valence-electron chi connectivity index (χ1n) is 13.3. The minimum Gasteiger partial charge on any atom is -0.543 e. The summed E-state index contributed by atoms with van der Waals surface area (Å²) in [6.45, 7) is 11.9. The van der Waals surface area contributed by atoms with E-state index in [2.05, 4.69) is 39.9 Å².